The summed E-state index contributed by atoms with van der Waals surface area (Å²) in [5.41, 5.74) is 2.01. The van der Waals surface area contributed by atoms with Crippen LogP contribution in [0.2, 0.25) is 0 Å². The van der Waals surface area contributed by atoms with Crippen LogP contribution in [0.5, 0.6) is 11.5 Å². The molecule has 0 amide bonds. The van der Waals surface area contributed by atoms with Crippen molar-refractivity contribution < 1.29 is 19.1 Å². The first kappa shape index (κ1) is 22.7. The highest BCUT2D eigenvalue weighted by molar-refractivity contribution is 5.75. The van der Waals surface area contributed by atoms with Crippen LogP contribution < -0.4 is 9.47 Å². The number of esters is 2. The van der Waals surface area contributed by atoms with Gasteiger partial charge in [0.2, 0.25) is 0 Å². The third-order valence-corrected chi connectivity index (χ3v) is 4.99. The Hall–Kier alpha value is -2.62. The number of benzene rings is 2. The van der Waals surface area contributed by atoms with Gasteiger partial charge >= 0.3 is 11.9 Å². The van der Waals surface area contributed by atoms with Crippen LogP contribution in [0.3, 0.4) is 0 Å². The average Bonchev–Trinajstić information content (AvgIpc) is 2.74. The van der Waals surface area contributed by atoms with E-state index in [-0.39, 0.29) is 17.9 Å². The van der Waals surface area contributed by atoms with E-state index in [2.05, 4.69) is 6.92 Å². The van der Waals surface area contributed by atoms with Crippen LogP contribution in [0.4, 0.5) is 0 Å². The highest BCUT2D eigenvalue weighted by atomic mass is 16.5. The zero-order valence-electron chi connectivity index (χ0n) is 17.8. The molecule has 0 saturated carbocycles. The fourth-order valence-corrected chi connectivity index (χ4v) is 2.87. The fourth-order valence-electron chi connectivity index (χ4n) is 2.87. The van der Waals surface area contributed by atoms with Gasteiger partial charge in [-0.15, -0.1) is 0 Å². The molecule has 2 rings (SSSR count). The average molecular weight is 397 g/mol. The van der Waals surface area contributed by atoms with Crippen LogP contribution in [0.15, 0.2) is 48.5 Å². The maximum absolute atomic E-state index is 11.9. The summed E-state index contributed by atoms with van der Waals surface area (Å²) < 4.78 is 10.8. The third kappa shape index (κ3) is 7.72. The van der Waals surface area contributed by atoms with Gasteiger partial charge in [0.15, 0.2) is 0 Å². The summed E-state index contributed by atoms with van der Waals surface area (Å²) in [5.74, 6) is 0.606. The molecule has 0 bridgehead atoms. The second kappa shape index (κ2) is 12.1. The SMILES string of the molecule is CCCCCCCC(=O)Oc1ccc(-c2ccc(OC(=O)C(C)CC)cc2)cc1. The molecule has 1 atom stereocenters. The molecule has 0 saturated heterocycles. The number of carbonyl (C=O) groups excluding carboxylic acids is 2. The minimum absolute atomic E-state index is 0.110. The summed E-state index contributed by atoms with van der Waals surface area (Å²) in [6.07, 6.45) is 6.76. The summed E-state index contributed by atoms with van der Waals surface area (Å²) in [6.45, 7) is 6.00. The van der Waals surface area contributed by atoms with Crippen LogP contribution in [0.25, 0.3) is 11.1 Å². The molecule has 0 aliphatic heterocycles. The first-order chi connectivity index (χ1) is 14.0. The van der Waals surface area contributed by atoms with E-state index in [1.807, 2.05) is 38.1 Å². The minimum atomic E-state index is -0.211. The zero-order chi connectivity index (χ0) is 21.1. The molecule has 4 heteroatoms. The fraction of sp³-hybridized carbons (Fsp3) is 0.440. The molecule has 0 aromatic heterocycles. The molecule has 0 heterocycles. The monoisotopic (exact) mass is 396 g/mol. The first-order valence-electron chi connectivity index (χ1n) is 10.7. The van der Waals surface area contributed by atoms with Gasteiger partial charge in [-0.05, 0) is 48.2 Å². The van der Waals surface area contributed by atoms with Gasteiger partial charge in [-0.2, -0.15) is 0 Å². The molecule has 29 heavy (non-hydrogen) atoms. The Morgan fingerprint density at radius 1 is 0.759 bits per heavy atom. The number of hydrogen-bond donors (Lipinski definition) is 0. The number of unbranched alkanes of at least 4 members (excludes halogenated alkanes) is 4. The van der Waals surface area contributed by atoms with Crippen molar-refractivity contribution in [1.82, 2.24) is 0 Å². The van der Waals surface area contributed by atoms with E-state index in [0.717, 1.165) is 30.4 Å². The van der Waals surface area contributed by atoms with Crippen molar-refractivity contribution in [3.05, 3.63) is 48.5 Å². The molecule has 0 fully saturated rings. The summed E-state index contributed by atoms with van der Waals surface area (Å²) >= 11 is 0. The molecule has 0 radical (unpaired) electrons. The number of hydrogen-bond acceptors (Lipinski definition) is 4. The number of ether oxygens (including phenoxy) is 2. The van der Waals surface area contributed by atoms with Gasteiger partial charge in [0, 0.05) is 6.42 Å². The van der Waals surface area contributed by atoms with Crippen molar-refractivity contribution in [3.63, 3.8) is 0 Å². The molecule has 4 nitrogen and oxygen atoms in total. The van der Waals surface area contributed by atoms with Crippen LogP contribution in [0, 0.1) is 5.92 Å². The maximum atomic E-state index is 11.9. The maximum Gasteiger partial charge on any atom is 0.314 e. The number of carbonyl (C=O) groups is 2. The topological polar surface area (TPSA) is 52.6 Å². The predicted molar refractivity (Wildman–Crippen MR) is 116 cm³/mol. The van der Waals surface area contributed by atoms with Crippen molar-refractivity contribution in [2.75, 3.05) is 0 Å². The van der Waals surface area contributed by atoms with Crippen molar-refractivity contribution in [1.29, 1.82) is 0 Å². The van der Waals surface area contributed by atoms with Crippen molar-refractivity contribution in [2.24, 2.45) is 5.92 Å². The van der Waals surface area contributed by atoms with Crippen molar-refractivity contribution >= 4 is 11.9 Å². The van der Waals surface area contributed by atoms with E-state index >= 15 is 0 Å². The van der Waals surface area contributed by atoms with Gasteiger partial charge in [0.25, 0.3) is 0 Å². The van der Waals surface area contributed by atoms with Crippen LogP contribution in [-0.2, 0) is 9.59 Å². The lowest BCUT2D eigenvalue weighted by Crippen LogP contribution is -2.16. The second-order valence-corrected chi connectivity index (χ2v) is 7.42. The molecule has 1 unspecified atom stereocenters. The molecule has 2 aromatic carbocycles. The van der Waals surface area contributed by atoms with Gasteiger partial charge < -0.3 is 9.47 Å². The molecule has 2 aromatic rings. The molecule has 156 valence electrons. The molecule has 0 aliphatic rings. The van der Waals surface area contributed by atoms with Gasteiger partial charge in [0.1, 0.15) is 11.5 Å². The van der Waals surface area contributed by atoms with E-state index in [1.165, 1.54) is 19.3 Å². The lowest BCUT2D eigenvalue weighted by Gasteiger charge is -2.10. The third-order valence-electron chi connectivity index (χ3n) is 4.99. The van der Waals surface area contributed by atoms with E-state index in [9.17, 15) is 9.59 Å². The number of rotatable bonds is 11. The highest BCUT2D eigenvalue weighted by Crippen LogP contribution is 2.25. The van der Waals surface area contributed by atoms with Gasteiger partial charge in [-0.25, -0.2) is 0 Å². The largest absolute Gasteiger partial charge is 0.427 e. The highest BCUT2D eigenvalue weighted by Gasteiger charge is 2.13. The predicted octanol–water partition coefficient (Wildman–Crippen LogP) is 6.57. The van der Waals surface area contributed by atoms with Crippen molar-refractivity contribution in [3.8, 4) is 22.6 Å². The Morgan fingerprint density at radius 3 is 1.79 bits per heavy atom. The summed E-state index contributed by atoms with van der Waals surface area (Å²) in [6, 6.07) is 14.9. The second-order valence-electron chi connectivity index (χ2n) is 7.42. The smallest absolute Gasteiger partial charge is 0.314 e. The lowest BCUT2D eigenvalue weighted by atomic mass is 10.1. The normalized spacial score (nSPS) is 11.7. The molecule has 0 spiro atoms. The Labute approximate surface area is 174 Å². The van der Waals surface area contributed by atoms with Crippen LogP contribution >= 0.6 is 0 Å². The van der Waals surface area contributed by atoms with E-state index in [0.29, 0.717) is 17.9 Å². The molecular formula is C25H32O4. The zero-order valence-corrected chi connectivity index (χ0v) is 17.8. The van der Waals surface area contributed by atoms with Crippen LogP contribution in [-0.4, -0.2) is 11.9 Å². The minimum Gasteiger partial charge on any atom is -0.427 e. The molecule has 0 N–H and O–H groups in total. The Morgan fingerprint density at radius 2 is 1.28 bits per heavy atom. The Balaban J connectivity index is 1.86. The lowest BCUT2D eigenvalue weighted by molar-refractivity contribution is -0.138. The van der Waals surface area contributed by atoms with Gasteiger partial charge in [-0.1, -0.05) is 70.7 Å². The summed E-state index contributed by atoms with van der Waals surface area (Å²) in [4.78, 5) is 23.8. The molecular weight excluding hydrogens is 364 g/mol. The van der Waals surface area contributed by atoms with Gasteiger partial charge in [0.05, 0.1) is 5.92 Å². The van der Waals surface area contributed by atoms with E-state index < -0.39 is 0 Å². The Bertz CT molecular complexity index is 762. The summed E-state index contributed by atoms with van der Waals surface area (Å²) in [5, 5.41) is 0. The van der Waals surface area contributed by atoms with Gasteiger partial charge in [-0.3, -0.25) is 9.59 Å². The van der Waals surface area contributed by atoms with Crippen molar-refractivity contribution in [2.45, 2.75) is 65.7 Å². The van der Waals surface area contributed by atoms with E-state index in [1.54, 1.807) is 24.3 Å². The summed E-state index contributed by atoms with van der Waals surface area (Å²) in [7, 11) is 0. The Kier molecular flexibility index (Phi) is 9.42. The first-order valence-corrected chi connectivity index (χ1v) is 10.7. The van der Waals surface area contributed by atoms with Crippen LogP contribution in [0.1, 0.15) is 65.7 Å². The standard InChI is InChI=1S/C25H32O4/c1-4-6-7-8-9-10-24(26)28-22-15-11-20(12-16-22)21-13-17-23(18-14-21)29-25(27)19(3)5-2/h11-19H,4-10H2,1-3H3. The van der Waals surface area contributed by atoms with E-state index in [4.69, 9.17) is 9.47 Å². The quantitative estimate of drug-likeness (QED) is 0.245. The molecule has 0 aliphatic carbocycles.